The fourth-order valence-electron chi connectivity index (χ4n) is 1.07. The highest BCUT2D eigenvalue weighted by molar-refractivity contribution is 6.32. The molecule has 0 radical (unpaired) electrons. The molecule has 1 aromatic rings. The number of hydrogen-bond donors (Lipinski definition) is 2. The summed E-state index contributed by atoms with van der Waals surface area (Å²) in [7, 11) is 1.54. The maximum Gasteiger partial charge on any atom is 0.179 e. The van der Waals surface area contributed by atoms with Crippen molar-refractivity contribution < 1.29 is 14.6 Å². The average molecular weight is 232 g/mol. The minimum atomic E-state index is -0.876. The Morgan fingerprint density at radius 2 is 2.27 bits per heavy atom. The van der Waals surface area contributed by atoms with Gasteiger partial charge in [0.1, 0.15) is 6.23 Å². The maximum atomic E-state index is 8.86. The van der Waals surface area contributed by atoms with Gasteiger partial charge in [-0.25, -0.2) is 0 Å². The molecular formula is C10H14ClNO3. The summed E-state index contributed by atoms with van der Waals surface area (Å²) in [5, 5.41) is 9.33. The lowest BCUT2D eigenvalue weighted by Gasteiger charge is -2.12. The van der Waals surface area contributed by atoms with Crippen LogP contribution in [0.1, 0.15) is 6.42 Å². The van der Waals surface area contributed by atoms with Crippen LogP contribution in [0.5, 0.6) is 11.5 Å². The highest BCUT2D eigenvalue weighted by atomic mass is 35.5. The van der Waals surface area contributed by atoms with E-state index in [1.165, 1.54) is 7.11 Å². The molecule has 5 heteroatoms. The fraction of sp³-hybridized carbons (Fsp3) is 0.400. The molecule has 0 aromatic heterocycles. The summed E-state index contributed by atoms with van der Waals surface area (Å²) in [6.07, 6.45) is -0.535. The van der Waals surface area contributed by atoms with Gasteiger partial charge in [-0.1, -0.05) is 17.7 Å². The molecule has 0 bridgehead atoms. The van der Waals surface area contributed by atoms with E-state index in [1.54, 1.807) is 18.2 Å². The van der Waals surface area contributed by atoms with Gasteiger partial charge in [0.2, 0.25) is 0 Å². The largest absolute Gasteiger partial charge is 0.493 e. The number of methoxy groups -OCH3 is 1. The molecule has 15 heavy (non-hydrogen) atoms. The van der Waals surface area contributed by atoms with Crippen LogP contribution in [0.15, 0.2) is 18.2 Å². The quantitative estimate of drug-likeness (QED) is 0.752. The molecule has 0 heterocycles. The number of benzene rings is 1. The van der Waals surface area contributed by atoms with Gasteiger partial charge in [0.05, 0.1) is 18.7 Å². The molecule has 4 nitrogen and oxygen atoms in total. The molecule has 0 saturated carbocycles. The molecule has 0 saturated heterocycles. The van der Waals surface area contributed by atoms with Crippen LogP contribution in [-0.2, 0) is 0 Å². The van der Waals surface area contributed by atoms with Gasteiger partial charge in [-0.05, 0) is 12.1 Å². The number of aliphatic hydroxyl groups excluding tert-OH is 1. The van der Waals surface area contributed by atoms with E-state index in [0.717, 1.165) is 0 Å². The first-order valence-corrected chi connectivity index (χ1v) is 4.92. The summed E-state index contributed by atoms with van der Waals surface area (Å²) in [4.78, 5) is 0. The SMILES string of the molecule is COc1cccc(Cl)c1OCCC(N)O. The van der Waals surface area contributed by atoms with Crippen LogP contribution in [0.2, 0.25) is 5.02 Å². The van der Waals surface area contributed by atoms with Crippen LogP contribution in [0.25, 0.3) is 0 Å². The first-order valence-electron chi connectivity index (χ1n) is 4.54. The number of para-hydroxylation sites is 1. The first kappa shape index (κ1) is 12.1. The summed E-state index contributed by atoms with van der Waals surface area (Å²) in [5.74, 6) is 1.04. The molecule has 1 unspecified atom stereocenters. The average Bonchev–Trinajstić information content (AvgIpc) is 2.20. The number of hydrogen-bond acceptors (Lipinski definition) is 4. The standard InChI is InChI=1S/C10H14ClNO3/c1-14-8-4-2-3-7(11)10(8)15-6-5-9(12)13/h2-4,9,13H,5-6,12H2,1H3. The second-order valence-corrected chi connectivity index (χ2v) is 3.38. The molecule has 1 atom stereocenters. The molecule has 0 spiro atoms. The zero-order chi connectivity index (χ0) is 11.3. The van der Waals surface area contributed by atoms with Crippen LogP contribution in [0.4, 0.5) is 0 Å². The normalized spacial score (nSPS) is 12.3. The van der Waals surface area contributed by atoms with Crippen LogP contribution in [-0.4, -0.2) is 25.1 Å². The maximum absolute atomic E-state index is 8.86. The minimum absolute atomic E-state index is 0.289. The molecule has 0 amide bonds. The molecular weight excluding hydrogens is 218 g/mol. The smallest absolute Gasteiger partial charge is 0.179 e. The van der Waals surface area contributed by atoms with Crippen LogP contribution in [0.3, 0.4) is 0 Å². The summed E-state index contributed by atoms with van der Waals surface area (Å²) >= 11 is 5.92. The summed E-state index contributed by atoms with van der Waals surface area (Å²) < 4.78 is 10.5. The van der Waals surface area contributed by atoms with Crippen molar-refractivity contribution in [2.75, 3.05) is 13.7 Å². The summed E-state index contributed by atoms with van der Waals surface area (Å²) in [5.41, 5.74) is 5.18. The van der Waals surface area contributed by atoms with E-state index in [-0.39, 0.29) is 6.61 Å². The molecule has 3 N–H and O–H groups in total. The van der Waals surface area contributed by atoms with Gasteiger partial charge >= 0.3 is 0 Å². The fourth-order valence-corrected chi connectivity index (χ4v) is 1.29. The number of rotatable bonds is 5. The van der Waals surface area contributed by atoms with Crippen molar-refractivity contribution in [3.63, 3.8) is 0 Å². The topological polar surface area (TPSA) is 64.7 Å². The predicted octanol–water partition coefficient (Wildman–Crippen LogP) is 1.39. The Morgan fingerprint density at radius 3 is 2.87 bits per heavy atom. The van der Waals surface area contributed by atoms with E-state index >= 15 is 0 Å². The number of aliphatic hydroxyl groups is 1. The molecule has 0 aliphatic carbocycles. The first-order chi connectivity index (χ1) is 7.15. The van der Waals surface area contributed by atoms with Gasteiger partial charge in [-0.15, -0.1) is 0 Å². The van der Waals surface area contributed by atoms with Crippen LogP contribution < -0.4 is 15.2 Å². The molecule has 1 aromatic carbocycles. The number of halogens is 1. The van der Waals surface area contributed by atoms with Gasteiger partial charge in [-0.2, -0.15) is 0 Å². The van der Waals surface area contributed by atoms with Crippen molar-refractivity contribution >= 4 is 11.6 Å². The van der Waals surface area contributed by atoms with Crippen molar-refractivity contribution in [1.82, 2.24) is 0 Å². The summed E-state index contributed by atoms with van der Waals surface area (Å²) in [6, 6.07) is 5.23. The van der Waals surface area contributed by atoms with Crippen LogP contribution in [0, 0.1) is 0 Å². The lowest BCUT2D eigenvalue weighted by atomic mass is 10.3. The zero-order valence-electron chi connectivity index (χ0n) is 8.44. The molecule has 0 fully saturated rings. The molecule has 1 rings (SSSR count). The van der Waals surface area contributed by atoms with Gasteiger partial charge in [0.15, 0.2) is 11.5 Å². The Hall–Kier alpha value is -0.970. The Labute approximate surface area is 93.6 Å². The third kappa shape index (κ3) is 3.58. The van der Waals surface area contributed by atoms with Crippen molar-refractivity contribution in [2.24, 2.45) is 5.73 Å². The van der Waals surface area contributed by atoms with E-state index in [1.807, 2.05) is 0 Å². The summed E-state index contributed by atoms with van der Waals surface area (Å²) in [6.45, 7) is 0.289. The Kier molecular flexibility index (Phi) is 4.68. The van der Waals surface area contributed by atoms with Gasteiger partial charge in [0.25, 0.3) is 0 Å². The van der Waals surface area contributed by atoms with Gasteiger partial charge < -0.3 is 20.3 Å². The van der Waals surface area contributed by atoms with Crippen molar-refractivity contribution in [3.8, 4) is 11.5 Å². The van der Waals surface area contributed by atoms with Gasteiger partial charge in [0, 0.05) is 6.42 Å². The van der Waals surface area contributed by atoms with E-state index in [9.17, 15) is 0 Å². The number of ether oxygens (including phenoxy) is 2. The third-order valence-corrected chi connectivity index (χ3v) is 2.11. The molecule has 0 aliphatic heterocycles. The van der Waals surface area contributed by atoms with Crippen molar-refractivity contribution in [1.29, 1.82) is 0 Å². The van der Waals surface area contributed by atoms with Crippen LogP contribution >= 0.6 is 11.6 Å². The lowest BCUT2D eigenvalue weighted by Crippen LogP contribution is -2.21. The highest BCUT2D eigenvalue weighted by Crippen LogP contribution is 2.34. The van der Waals surface area contributed by atoms with E-state index < -0.39 is 6.23 Å². The minimum Gasteiger partial charge on any atom is -0.493 e. The Morgan fingerprint density at radius 1 is 1.53 bits per heavy atom. The van der Waals surface area contributed by atoms with E-state index in [4.69, 9.17) is 31.9 Å². The van der Waals surface area contributed by atoms with E-state index in [2.05, 4.69) is 0 Å². The number of nitrogens with two attached hydrogens (primary N) is 1. The zero-order valence-corrected chi connectivity index (χ0v) is 9.20. The Bertz CT molecular complexity index is 318. The highest BCUT2D eigenvalue weighted by Gasteiger charge is 2.08. The third-order valence-electron chi connectivity index (χ3n) is 1.81. The lowest BCUT2D eigenvalue weighted by molar-refractivity contribution is 0.144. The predicted molar refractivity (Wildman–Crippen MR) is 58.3 cm³/mol. The molecule has 0 aliphatic rings. The van der Waals surface area contributed by atoms with E-state index in [0.29, 0.717) is 22.9 Å². The van der Waals surface area contributed by atoms with Crippen molar-refractivity contribution in [2.45, 2.75) is 12.6 Å². The van der Waals surface area contributed by atoms with Gasteiger partial charge in [-0.3, -0.25) is 0 Å². The second kappa shape index (κ2) is 5.80. The Balaban J connectivity index is 2.66. The monoisotopic (exact) mass is 231 g/mol. The van der Waals surface area contributed by atoms with Crippen molar-refractivity contribution in [3.05, 3.63) is 23.2 Å². The molecule has 84 valence electrons. The second-order valence-electron chi connectivity index (χ2n) is 2.98.